The first-order valence-corrected chi connectivity index (χ1v) is 5.93. The van der Waals surface area contributed by atoms with Gasteiger partial charge in [0.1, 0.15) is 0 Å². The number of rotatable bonds is 3. The molecule has 3 nitrogen and oxygen atoms in total. The smallest absolute Gasteiger partial charge is 0.151 e. The fourth-order valence-corrected chi connectivity index (χ4v) is 2.71. The summed E-state index contributed by atoms with van der Waals surface area (Å²) in [6, 6.07) is 9.51. The third-order valence-corrected chi connectivity index (χ3v) is 3.59. The van der Waals surface area contributed by atoms with Gasteiger partial charge in [0.15, 0.2) is 18.9 Å². The maximum atomic E-state index is 11.3. The second-order valence-electron chi connectivity index (χ2n) is 4.51. The van der Waals surface area contributed by atoms with E-state index in [2.05, 4.69) is 0 Å². The first kappa shape index (κ1) is 11.5. The molecule has 3 heteroatoms. The molecule has 0 atom stereocenters. The van der Waals surface area contributed by atoms with Crippen LogP contribution in [0.4, 0.5) is 0 Å². The number of benzene rings is 2. The van der Waals surface area contributed by atoms with Gasteiger partial charge in [0.25, 0.3) is 0 Å². The summed E-state index contributed by atoms with van der Waals surface area (Å²) in [4.78, 5) is 33.5. The number of aldehydes is 3. The summed E-state index contributed by atoms with van der Waals surface area (Å²) in [5, 5.41) is 0. The first-order chi connectivity index (χ1) is 9.30. The van der Waals surface area contributed by atoms with Crippen LogP contribution < -0.4 is 0 Å². The van der Waals surface area contributed by atoms with Crippen LogP contribution in [-0.2, 0) is 6.42 Å². The molecule has 0 radical (unpaired) electrons. The van der Waals surface area contributed by atoms with Crippen molar-refractivity contribution in [1.29, 1.82) is 0 Å². The largest absolute Gasteiger partial charge is 0.298 e. The standard InChI is InChI=1S/C16H10O3/c17-7-11-6-13-12-4-2-1-3-10(12)5-14(13)16(9-19)15(11)8-18/h1-4,6-9H,5H2. The maximum absolute atomic E-state index is 11.3. The van der Waals surface area contributed by atoms with Gasteiger partial charge in [-0.05, 0) is 34.7 Å². The maximum Gasteiger partial charge on any atom is 0.151 e. The first-order valence-electron chi connectivity index (χ1n) is 5.93. The minimum Gasteiger partial charge on any atom is -0.298 e. The van der Waals surface area contributed by atoms with Gasteiger partial charge in [-0.2, -0.15) is 0 Å². The zero-order valence-electron chi connectivity index (χ0n) is 10.1. The van der Waals surface area contributed by atoms with E-state index >= 15 is 0 Å². The van der Waals surface area contributed by atoms with Crippen molar-refractivity contribution < 1.29 is 14.4 Å². The molecule has 0 fully saturated rings. The molecule has 0 aromatic heterocycles. The molecule has 1 aliphatic rings. The summed E-state index contributed by atoms with van der Waals surface area (Å²) in [5.41, 5.74) is 4.66. The molecule has 1 aliphatic carbocycles. The third kappa shape index (κ3) is 1.55. The zero-order chi connectivity index (χ0) is 13.4. The van der Waals surface area contributed by atoms with Gasteiger partial charge in [-0.1, -0.05) is 24.3 Å². The quantitative estimate of drug-likeness (QED) is 0.671. The summed E-state index contributed by atoms with van der Waals surface area (Å²) >= 11 is 0. The fourth-order valence-electron chi connectivity index (χ4n) is 2.71. The van der Waals surface area contributed by atoms with Crippen molar-refractivity contribution in [2.24, 2.45) is 0 Å². The van der Waals surface area contributed by atoms with Gasteiger partial charge in [-0.25, -0.2) is 0 Å². The molecule has 92 valence electrons. The van der Waals surface area contributed by atoms with Gasteiger partial charge in [0.2, 0.25) is 0 Å². The molecule has 0 heterocycles. The van der Waals surface area contributed by atoms with Crippen molar-refractivity contribution in [2.45, 2.75) is 6.42 Å². The van der Waals surface area contributed by atoms with E-state index in [1.165, 1.54) is 0 Å². The summed E-state index contributed by atoms with van der Waals surface area (Å²) in [7, 11) is 0. The molecule has 0 aliphatic heterocycles. The molecule has 0 N–H and O–H groups in total. The van der Waals surface area contributed by atoms with Crippen LogP contribution in [0.3, 0.4) is 0 Å². The van der Waals surface area contributed by atoms with E-state index in [-0.39, 0.29) is 11.1 Å². The van der Waals surface area contributed by atoms with Crippen LogP contribution in [0.5, 0.6) is 0 Å². The van der Waals surface area contributed by atoms with Crippen LogP contribution in [-0.4, -0.2) is 18.9 Å². The molecule has 0 bridgehead atoms. The lowest BCUT2D eigenvalue weighted by Gasteiger charge is -2.08. The summed E-state index contributed by atoms with van der Waals surface area (Å²) in [5.74, 6) is 0. The lowest BCUT2D eigenvalue weighted by molar-refractivity contribution is 0.108. The molecule has 0 amide bonds. The van der Waals surface area contributed by atoms with Gasteiger partial charge >= 0.3 is 0 Å². The van der Waals surface area contributed by atoms with Crippen molar-refractivity contribution in [2.75, 3.05) is 0 Å². The lowest BCUT2D eigenvalue weighted by atomic mass is 9.93. The molecule has 3 rings (SSSR count). The fraction of sp³-hybridized carbons (Fsp3) is 0.0625. The second-order valence-corrected chi connectivity index (χ2v) is 4.51. The van der Waals surface area contributed by atoms with Gasteiger partial charge in [0, 0.05) is 16.7 Å². The highest BCUT2D eigenvalue weighted by molar-refractivity contribution is 6.03. The van der Waals surface area contributed by atoms with Gasteiger partial charge in [-0.15, -0.1) is 0 Å². The van der Waals surface area contributed by atoms with Crippen LogP contribution >= 0.6 is 0 Å². The topological polar surface area (TPSA) is 51.2 Å². The minimum atomic E-state index is 0.191. The Bertz CT molecular complexity index is 714. The Hall–Kier alpha value is -2.55. The lowest BCUT2D eigenvalue weighted by Crippen LogP contribution is -2.02. The molecule has 0 spiro atoms. The van der Waals surface area contributed by atoms with Crippen LogP contribution in [0.2, 0.25) is 0 Å². The second kappa shape index (κ2) is 4.28. The number of hydrogen-bond acceptors (Lipinski definition) is 3. The molecule has 19 heavy (non-hydrogen) atoms. The van der Waals surface area contributed by atoms with Crippen molar-refractivity contribution in [3.63, 3.8) is 0 Å². The molecule has 0 unspecified atom stereocenters. The van der Waals surface area contributed by atoms with Crippen LogP contribution in [0.1, 0.15) is 42.2 Å². The predicted octanol–water partition coefficient (Wildman–Crippen LogP) is 2.70. The average Bonchev–Trinajstić information content (AvgIpc) is 2.83. The normalized spacial score (nSPS) is 11.6. The Kier molecular flexibility index (Phi) is 2.60. The van der Waals surface area contributed by atoms with Gasteiger partial charge in [0.05, 0.1) is 0 Å². The van der Waals surface area contributed by atoms with Crippen molar-refractivity contribution >= 4 is 18.9 Å². The summed E-state index contributed by atoms with van der Waals surface area (Å²) in [6.45, 7) is 0. The average molecular weight is 250 g/mol. The van der Waals surface area contributed by atoms with Gasteiger partial charge in [-0.3, -0.25) is 14.4 Å². The number of hydrogen-bond donors (Lipinski definition) is 0. The highest BCUT2D eigenvalue weighted by atomic mass is 16.1. The van der Waals surface area contributed by atoms with Crippen LogP contribution in [0, 0.1) is 0 Å². The summed E-state index contributed by atoms with van der Waals surface area (Å²) in [6.07, 6.45) is 2.50. The number of carbonyl (C=O) groups excluding carboxylic acids is 3. The van der Waals surface area contributed by atoms with E-state index in [1.807, 2.05) is 24.3 Å². The Morgan fingerprint density at radius 1 is 0.842 bits per heavy atom. The molecule has 0 saturated heterocycles. The number of carbonyl (C=O) groups is 3. The van der Waals surface area contributed by atoms with Crippen molar-refractivity contribution in [3.05, 3.63) is 58.1 Å². The Morgan fingerprint density at radius 3 is 2.26 bits per heavy atom. The highest BCUT2D eigenvalue weighted by Crippen LogP contribution is 2.39. The Balaban J connectivity index is 2.38. The minimum absolute atomic E-state index is 0.191. The monoisotopic (exact) mass is 250 g/mol. The molecular formula is C16H10O3. The van der Waals surface area contributed by atoms with E-state index < -0.39 is 0 Å². The van der Waals surface area contributed by atoms with Crippen molar-refractivity contribution in [1.82, 2.24) is 0 Å². The third-order valence-electron chi connectivity index (χ3n) is 3.59. The van der Waals surface area contributed by atoms with Crippen LogP contribution in [0.15, 0.2) is 30.3 Å². The molecule has 2 aromatic carbocycles. The Labute approximate surface area is 109 Å². The SMILES string of the molecule is O=Cc1cc2c(c(C=O)c1C=O)Cc1ccccc1-2. The van der Waals surface area contributed by atoms with Gasteiger partial charge < -0.3 is 0 Å². The highest BCUT2D eigenvalue weighted by Gasteiger charge is 2.24. The van der Waals surface area contributed by atoms with Crippen molar-refractivity contribution in [3.8, 4) is 11.1 Å². The Morgan fingerprint density at radius 2 is 1.58 bits per heavy atom. The van der Waals surface area contributed by atoms with E-state index in [1.54, 1.807) is 6.07 Å². The van der Waals surface area contributed by atoms with E-state index in [9.17, 15) is 14.4 Å². The number of fused-ring (bicyclic) bond motifs is 3. The summed E-state index contributed by atoms with van der Waals surface area (Å²) < 4.78 is 0. The van der Waals surface area contributed by atoms with E-state index in [4.69, 9.17) is 0 Å². The predicted molar refractivity (Wildman–Crippen MR) is 70.8 cm³/mol. The molecule has 2 aromatic rings. The van der Waals surface area contributed by atoms with E-state index in [0.717, 1.165) is 22.3 Å². The molecule has 0 saturated carbocycles. The van der Waals surface area contributed by atoms with Crippen LogP contribution in [0.25, 0.3) is 11.1 Å². The molecular weight excluding hydrogens is 240 g/mol. The zero-order valence-corrected chi connectivity index (χ0v) is 10.1. The van der Waals surface area contributed by atoms with E-state index in [0.29, 0.717) is 30.8 Å².